The van der Waals surface area contributed by atoms with Gasteiger partial charge in [0.25, 0.3) is 11.6 Å². The zero-order chi connectivity index (χ0) is 20.3. The number of nitrogens with zero attached hydrogens (tertiary/aromatic N) is 4. The Morgan fingerprint density at radius 2 is 1.66 bits per heavy atom. The van der Waals surface area contributed by atoms with Crippen LogP contribution in [0.4, 0.5) is 11.4 Å². The molecule has 0 N–H and O–H groups in total. The number of carbonyl (C=O) groups excluding carboxylic acids is 2. The van der Waals surface area contributed by atoms with Gasteiger partial charge in [0.05, 0.1) is 22.6 Å². The maximum atomic E-state index is 13.4. The Morgan fingerprint density at radius 1 is 0.966 bits per heavy atom. The first-order valence-electron chi connectivity index (χ1n) is 9.69. The summed E-state index contributed by atoms with van der Waals surface area (Å²) in [6.45, 7) is 3.55. The predicted molar refractivity (Wildman–Crippen MR) is 105 cm³/mol. The van der Waals surface area contributed by atoms with E-state index in [1.165, 1.54) is 18.2 Å². The number of nitro groups is 1. The Labute approximate surface area is 167 Å². The number of non-ortho nitro benzene ring substituents is 1. The summed E-state index contributed by atoms with van der Waals surface area (Å²) in [5.74, 6) is -1.12. The molecule has 3 aliphatic heterocycles. The maximum Gasteiger partial charge on any atom is 0.271 e. The highest BCUT2D eigenvalue weighted by atomic mass is 16.6. The van der Waals surface area contributed by atoms with Crippen LogP contribution in [0.3, 0.4) is 0 Å². The Hall–Kier alpha value is -3.10. The van der Waals surface area contributed by atoms with Crippen molar-refractivity contribution >= 4 is 23.2 Å². The summed E-state index contributed by atoms with van der Waals surface area (Å²) < 4.78 is 0. The molecule has 5 rings (SSSR count). The van der Waals surface area contributed by atoms with Crippen LogP contribution in [-0.4, -0.2) is 45.9 Å². The lowest BCUT2D eigenvalue weighted by Gasteiger charge is -2.29. The third kappa shape index (κ3) is 2.60. The molecule has 0 saturated carbocycles. The molecule has 3 saturated heterocycles. The van der Waals surface area contributed by atoms with Gasteiger partial charge in [0.15, 0.2) is 0 Å². The number of fused-ring (bicyclic) bond motifs is 3. The number of amides is 2. The maximum absolute atomic E-state index is 13.4. The largest absolute Gasteiger partial charge is 0.274 e. The lowest BCUT2D eigenvalue weighted by molar-refractivity contribution is -0.384. The molecule has 2 aromatic carbocycles. The summed E-state index contributed by atoms with van der Waals surface area (Å²) in [6, 6.07) is 13.0. The quantitative estimate of drug-likeness (QED) is 0.453. The number of rotatable bonds is 3. The highest BCUT2D eigenvalue weighted by molar-refractivity contribution is 6.24. The molecule has 3 fully saturated rings. The van der Waals surface area contributed by atoms with Crippen LogP contribution in [0.15, 0.2) is 48.5 Å². The molecule has 3 atom stereocenters. The summed E-state index contributed by atoms with van der Waals surface area (Å²) in [6.07, 6.45) is 0.934. The molecular weight excluding hydrogens is 372 g/mol. The van der Waals surface area contributed by atoms with Gasteiger partial charge in [-0.1, -0.05) is 35.9 Å². The van der Waals surface area contributed by atoms with Crippen LogP contribution in [0.1, 0.15) is 23.6 Å². The van der Waals surface area contributed by atoms with Gasteiger partial charge in [-0.3, -0.25) is 19.7 Å². The smallest absolute Gasteiger partial charge is 0.271 e. The van der Waals surface area contributed by atoms with Gasteiger partial charge in [-0.25, -0.2) is 14.9 Å². The van der Waals surface area contributed by atoms with Gasteiger partial charge in [0, 0.05) is 25.2 Å². The highest BCUT2D eigenvalue weighted by Crippen LogP contribution is 2.49. The molecule has 29 heavy (non-hydrogen) atoms. The molecule has 148 valence electrons. The lowest BCUT2D eigenvalue weighted by Crippen LogP contribution is -2.44. The fourth-order valence-corrected chi connectivity index (χ4v) is 4.88. The van der Waals surface area contributed by atoms with Gasteiger partial charge >= 0.3 is 0 Å². The van der Waals surface area contributed by atoms with Gasteiger partial charge in [0.1, 0.15) is 6.04 Å². The number of aryl methyl sites for hydroxylation is 1. The number of hydrogen-bond donors (Lipinski definition) is 0. The average molecular weight is 392 g/mol. The third-order valence-corrected chi connectivity index (χ3v) is 6.12. The van der Waals surface area contributed by atoms with Crippen molar-refractivity contribution in [1.82, 2.24) is 10.0 Å². The van der Waals surface area contributed by atoms with Crippen LogP contribution in [-0.2, 0) is 9.59 Å². The molecule has 0 bridgehead atoms. The number of benzene rings is 2. The molecule has 2 amide bonds. The lowest BCUT2D eigenvalue weighted by atomic mass is 9.89. The monoisotopic (exact) mass is 392 g/mol. The molecule has 3 aliphatic rings. The number of hydrogen-bond acceptors (Lipinski definition) is 6. The molecule has 0 aliphatic carbocycles. The van der Waals surface area contributed by atoms with Crippen LogP contribution >= 0.6 is 0 Å². The standard InChI is InChI=1S/C21H20N4O4/c1-13-6-8-14(9-7-13)18-17-19(23-11-3-10-22(18)23)21(27)24(20(17)26)15-4-2-5-16(12-15)25(28)29/h2,4-9,12,17-19H,3,10-11H2,1H3/t17-,18+,19-/m0/s1. The SMILES string of the molecule is Cc1ccc([C@@H]2[C@@H]3C(=O)N(c4cccc([N+](=O)[O-])c4)C(=O)[C@H]3N3CCCN23)cc1. The zero-order valence-corrected chi connectivity index (χ0v) is 15.9. The second kappa shape index (κ2) is 6.47. The van der Waals surface area contributed by atoms with Gasteiger partial charge in [-0.15, -0.1) is 0 Å². The molecule has 8 nitrogen and oxygen atoms in total. The minimum atomic E-state index is -0.560. The van der Waals surface area contributed by atoms with Crippen molar-refractivity contribution in [2.75, 3.05) is 18.0 Å². The van der Waals surface area contributed by atoms with Crippen molar-refractivity contribution < 1.29 is 14.5 Å². The van der Waals surface area contributed by atoms with E-state index in [4.69, 9.17) is 0 Å². The van der Waals surface area contributed by atoms with E-state index in [2.05, 4.69) is 5.01 Å². The fourth-order valence-electron chi connectivity index (χ4n) is 4.88. The molecule has 8 heteroatoms. The number of carbonyl (C=O) groups is 2. The van der Waals surface area contributed by atoms with E-state index in [1.807, 2.05) is 36.2 Å². The molecule has 0 unspecified atom stereocenters. The van der Waals surface area contributed by atoms with Crippen LogP contribution in [0, 0.1) is 23.0 Å². The van der Waals surface area contributed by atoms with Crippen LogP contribution in [0.2, 0.25) is 0 Å². The van der Waals surface area contributed by atoms with E-state index < -0.39 is 16.9 Å². The van der Waals surface area contributed by atoms with Crippen molar-refractivity contribution in [2.24, 2.45) is 5.92 Å². The van der Waals surface area contributed by atoms with E-state index in [9.17, 15) is 19.7 Å². The molecule has 3 heterocycles. The molecule has 0 spiro atoms. The Balaban J connectivity index is 1.57. The number of nitro benzene ring substituents is 1. The van der Waals surface area contributed by atoms with Crippen LogP contribution < -0.4 is 4.90 Å². The van der Waals surface area contributed by atoms with Gasteiger partial charge in [0.2, 0.25) is 5.91 Å². The first-order chi connectivity index (χ1) is 14.0. The predicted octanol–water partition coefficient (Wildman–Crippen LogP) is 2.44. The number of anilines is 1. The minimum Gasteiger partial charge on any atom is -0.274 e. The summed E-state index contributed by atoms with van der Waals surface area (Å²) in [5, 5.41) is 15.3. The second-order valence-corrected chi connectivity index (χ2v) is 7.79. The normalized spacial score (nSPS) is 26.8. The summed E-state index contributed by atoms with van der Waals surface area (Å²) in [4.78, 5) is 38.5. The van der Waals surface area contributed by atoms with Crippen molar-refractivity contribution in [3.63, 3.8) is 0 Å². The molecule has 0 aromatic heterocycles. The third-order valence-electron chi connectivity index (χ3n) is 6.12. The van der Waals surface area contributed by atoms with Gasteiger partial charge in [-0.2, -0.15) is 0 Å². The summed E-state index contributed by atoms with van der Waals surface area (Å²) in [5.41, 5.74) is 2.26. The fraction of sp³-hybridized carbons (Fsp3) is 0.333. The van der Waals surface area contributed by atoms with E-state index in [1.54, 1.807) is 6.07 Å². The second-order valence-electron chi connectivity index (χ2n) is 7.79. The van der Waals surface area contributed by atoms with E-state index >= 15 is 0 Å². The highest BCUT2D eigenvalue weighted by Gasteiger charge is 2.62. The van der Waals surface area contributed by atoms with Gasteiger partial charge in [-0.05, 0) is 25.0 Å². The average Bonchev–Trinajstić information content (AvgIpc) is 3.35. The summed E-state index contributed by atoms with van der Waals surface area (Å²) >= 11 is 0. The Bertz CT molecular complexity index is 1020. The molecular formula is C21H20N4O4. The van der Waals surface area contributed by atoms with Crippen LogP contribution in [0.5, 0.6) is 0 Å². The first kappa shape index (κ1) is 18.0. The Morgan fingerprint density at radius 3 is 2.34 bits per heavy atom. The zero-order valence-electron chi connectivity index (χ0n) is 15.9. The summed E-state index contributed by atoms with van der Waals surface area (Å²) in [7, 11) is 0. The topological polar surface area (TPSA) is 87.0 Å². The van der Waals surface area contributed by atoms with Crippen molar-refractivity contribution in [1.29, 1.82) is 0 Å². The van der Waals surface area contributed by atoms with E-state index in [0.29, 0.717) is 0 Å². The van der Waals surface area contributed by atoms with E-state index in [0.717, 1.165) is 35.5 Å². The molecule has 2 aromatic rings. The van der Waals surface area contributed by atoms with Crippen molar-refractivity contribution in [2.45, 2.75) is 25.4 Å². The molecule has 0 radical (unpaired) electrons. The van der Waals surface area contributed by atoms with Crippen molar-refractivity contribution in [3.05, 3.63) is 69.8 Å². The minimum absolute atomic E-state index is 0.141. The number of imide groups is 1. The first-order valence-corrected chi connectivity index (χ1v) is 9.69. The van der Waals surface area contributed by atoms with Crippen LogP contribution in [0.25, 0.3) is 0 Å². The van der Waals surface area contributed by atoms with Gasteiger partial charge < -0.3 is 0 Å². The Kier molecular flexibility index (Phi) is 4.01. The number of hydrazine groups is 1. The van der Waals surface area contributed by atoms with E-state index in [-0.39, 0.29) is 29.2 Å². The van der Waals surface area contributed by atoms with Crippen molar-refractivity contribution in [3.8, 4) is 0 Å².